The number of para-hydroxylation sites is 1. The van der Waals surface area contributed by atoms with Gasteiger partial charge < -0.3 is 4.57 Å². The van der Waals surface area contributed by atoms with Crippen LogP contribution >= 0.6 is 24.0 Å². The molecule has 0 N–H and O–H groups in total. The summed E-state index contributed by atoms with van der Waals surface area (Å²) in [6, 6.07) is 22.6. The van der Waals surface area contributed by atoms with Crippen molar-refractivity contribution in [1.29, 1.82) is 0 Å². The summed E-state index contributed by atoms with van der Waals surface area (Å²) in [5, 5.41) is 0.975. The highest BCUT2D eigenvalue weighted by Crippen LogP contribution is 2.39. The Morgan fingerprint density at radius 2 is 1.68 bits per heavy atom. The third-order valence-corrected chi connectivity index (χ3v) is 6.83. The van der Waals surface area contributed by atoms with Gasteiger partial charge in [0.15, 0.2) is 4.32 Å². The van der Waals surface area contributed by atoms with Crippen LogP contribution in [0.1, 0.15) is 16.7 Å². The molecule has 0 radical (unpaired) electrons. The van der Waals surface area contributed by atoms with Gasteiger partial charge >= 0.3 is 6.18 Å². The molecule has 3 nitrogen and oxygen atoms in total. The molecule has 1 aromatic heterocycles. The molecule has 5 rings (SSSR count). The number of nitrogens with zero attached hydrogens (tertiary/aromatic N) is 2. The summed E-state index contributed by atoms with van der Waals surface area (Å²) in [5.41, 5.74) is 2.28. The zero-order valence-corrected chi connectivity index (χ0v) is 19.3. The van der Waals surface area contributed by atoms with E-state index in [4.69, 9.17) is 12.2 Å². The van der Waals surface area contributed by atoms with Crippen LogP contribution in [0.4, 0.5) is 18.9 Å². The van der Waals surface area contributed by atoms with Crippen LogP contribution in [-0.2, 0) is 17.5 Å². The van der Waals surface area contributed by atoms with Gasteiger partial charge in [-0.25, -0.2) is 0 Å². The van der Waals surface area contributed by atoms with Gasteiger partial charge in [0.1, 0.15) is 0 Å². The van der Waals surface area contributed by atoms with E-state index in [1.807, 2.05) is 48.7 Å². The van der Waals surface area contributed by atoms with Crippen molar-refractivity contribution >= 4 is 56.9 Å². The maximum atomic E-state index is 13.2. The van der Waals surface area contributed by atoms with E-state index in [2.05, 4.69) is 16.7 Å². The van der Waals surface area contributed by atoms with E-state index >= 15 is 0 Å². The number of aromatic nitrogens is 1. The molecule has 0 unspecified atom stereocenters. The summed E-state index contributed by atoms with van der Waals surface area (Å²) in [7, 11) is 0. The molecule has 1 fully saturated rings. The Bertz CT molecular complexity index is 1440. The Hall–Kier alpha value is -3.36. The smallest absolute Gasteiger partial charge is 0.342 e. The van der Waals surface area contributed by atoms with E-state index < -0.39 is 17.6 Å². The van der Waals surface area contributed by atoms with Gasteiger partial charge in [0.25, 0.3) is 5.91 Å². The standard InChI is InChI=1S/C26H17F3N2OS2/c27-26(28,29)19-9-6-10-20(14-19)31-24(32)23(34-25(31)33)13-18-16-30(15-17-7-2-1-3-8-17)22-12-5-4-11-21(18)22/h1-14,16H,15H2/b23-13+. The van der Waals surface area contributed by atoms with Crippen LogP contribution in [0.15, 0.2) is 90.0 Å². The number of carbonyl (C=O) groups excluding carboxylic acids is 1. The Morgan fingerprint density at radius 3 is 2.44 bits per heavy atom. The van der Waals surface area contributed by atoms with Gasteiger partial charge in [-0.2, -0.15) is 13.2 Å². The molecule has 2 heterocycles. The molecule has 170 valence electrons. The van der Waals surface area contributed by atoms with Crippen molar-refractivity contribution in [2.75, 3.05) is 4.90 Å². The molecular formula is C26H17F3N2OS2. The van der Waals surface area contributed by atoms with Crippen molar-refractivity contribution < 1.29 is 18.0 Å². The zero-order chi connectivity index (χ0) is 23.9. The molecule has 3 aromatic carbocycles. The summed E-state index contributed by atoms with van der Waals surface area (Å²) < 4.78 is 41.8. The lowest BCUT2D eigenvalue weighted by molar-refractivity contribution is -0.137. The van der Waals surface area contributed by atoms with Crippen molar-refractivity contribution in [3.63, 3.8) is 0 Å². The maximum absolute atomic E-state index is 13.2. The minimum atomic E-state index is -4.51. The van der Waals surface area contributed by atoms with Crippen LogP contribution in [0.5, 0.6) is 0 Å². The first-order chi connectivity index (χ1) is 16.3. The first kappa shape index (κ1) is 22.4. The molecular weight excluding hydrogens is 477 g/mol. The number of rotatable bonds is 4. The predicted octanol–water partition coefficient (Wildman–Crippen LogP) is 7.11. The van der Waals surface area contributed by atoms with E-state index in [1.165, 1.54) is 12.1 Å². The van der Waals surface area contributed by atoms with E-state index in [9.17, 15) is 18.0 Å². The summed E-state index contributed by atoms with van der Waals surface area (Å²) in [4.78, 5) is 14.7. The molecule has 0 aliphatic carbocycles. The van der Waals surface area contributed by atoms with Gasteiger partial charge in [0, 0.05) is 29.2 Å². The average Bonchev–Trinajstić information content (AvgIpc) is 3.30. The fourth-order valence-corrected chi connectivity index (χ4v) is 5.24. The number of carbonyl (C=O) groups is 1. The molecule has 1 aliphatic heterocycles. The first-order valence-electron chi connectivity index (χ1n) is 10.4. The highest BCUT2D eigenvalue weighted by molar-refractivity contribution is 8.27. The summed E-state index contributed by atoms with van der Waals surface area (Å²) in [5.74, 6) is -0.436. The van der Waals surface area contributed by atoms with Gasteiger partial charge in [-0.1, -0.05) is 78.6 Å². The average molecular weight is 495 g/mol. The second-order valence-corrected chi connectivity index (χ2v) is 9.46. The lowest BCUT2D eigenvalue weighted by Gasteiger charge is -2.16. The molecule has 8 heteroatoms. The number of thiocarbonyl (C=S) groups is 1. The molecule has 0 saturated carbocycles. The zero-order valence-electron chi connectivity index (χ0n) is 17.6. The Morgan fingerprint density at radius 1 is 0.941 bits per heavy atom. The Balaban J connectivity index is 1.51. The molecule has 1 saturated heterocycles. The van der Waals surface area contributed by atoms with Crippen LogP contribution in [-0.4, -0.2) is 14.8 Å². The lowest BCUT2D eigenvalue weighted by atomic mass is 10.1. The van der Waals surface area contributed by atoms with Crippen LogP contribution < -0.4 is 4.90 Å². The van der Waals surface area contributed by atoms with Gasteiger partial charge in [0.2, 0.25) is 0 Å². The van der Waals surface area contributed by atoms with Crippen molar-refractivity contribution in [2.45, 2.75) is 12.7 Å². The first-order valence-corrected chi connectivity index (χ1v) is 11.6. The molecule has 4 aromatic rings. The minimum absolute atomic E-state index is 0.104. The predicted molar refractivity (Wildman–Crippen MR) is 135 cm³/mol. The van der Waals surface area contributed by atoms with Gasteiger partial charge in [-0.05, 0) is 35.9 Å². The maximum Gasteiger partial charge on any atom is 0.416 e. The Kier molecular flexibility index (Phi) is 5.79. The highest BCUT2D eigenvalue weighted by atomic mass is 32.2. The second-order valence-electron chi connectivity index (χ2n) is 7.78. The molecule has 0 bridgehead atoms. The van der Waals surface area contributed by atoms with E-state index in [0.717, 1.165) is 50.8 Å². The van der Waals surface area contributed by atoms with Crippen molar-refractivity contribution in [3.05, 3.63) is 107 Å². The number of thioether (sulfide) groups is 1. The largest absolute Gasteiger partial charge is 0.416 e. The van der Waals surface area contributed by atoms with Crippen LogP contribution in [0.2, 0.25) is 0 Å². The summed E-state index contributed by atoms with van der Waals surface area (Å²) in [6.07, 6.45) is -0.766. The quantitative estimate of drug-likeness (QED) is 0.223. The monoisotopic (exact) mass is 494 g/mol. The van der Waals surface area contributed by atoms with Gasteiger partial charge in [-0.15, -0.1) is 0 Å². The number of halogens is 3. The second kappa shape index (κ2) is 8.77. The highest BCUT2D eigenvalue weighted by Gasteiger charge is 2.36. The lowest BCUT2D eigenvalue weighted by Crippen LogP contribution is -2.27. The third-order valence-electron chi connectivity index (χ3n) is 5.53. The summed E-state index contributed by atoms with van der Waals surface area (Å²) >= 11 is 6.44. The number of hydrogen-bond acceptors (Lipinski definition) is 3. The number of benzene rings is 3. The molecule has 0 spiro atoms. The molecule has 0 atom stereocenters. The molecule has 1 amide bonds. The third kappa shape index (κ3) is 4.26. The molecule has 34 heavy (non-hydrogen) atoms. The fraction of sp³-hybridized carbons (Fsp3) is 0.0769. The van der Waals surface area contributed by atoms with Crippen LogP contribution in [0.25, 0.3) is 17.0 Å². The van der Waals surface area contributed by atoms with Gasteiger partial charge in [-0.3, -0.25) is 9.69 Å². The van der Waals surface area contributed by atoms with Crippen molar-refractivity contribution in [1.82, 2.24) is 4.57 Å². The van der Waals surface area contributed by atoms with Crippen LogP contribution in [0, 0.1) is 0 Å². The van der Waals surface area contributed by atoms with Crippen molar-refractivity contribution in [2.24, 2.45) is 0 Å². The number of hydrogen-bond donors (Lipinski definition) is 0. The Labute approximate surface area is 203 Å². The van der Waals surface area contributed by atoms with E-state index in [-0.39, 0.29) is 10.0 Å². The van der Waals surface area contributed by atoms with Crippen molar-refractivity contribution in [3.8, 4) is 0 Å². The fourth-order valence-electron chi connectivity index (χ4n) is 3.95. The van der Waals surface area contributed by atoms with E-state index in [0.29, 0.717) is 11.4 Å². The summed E-state index contributed by atoms with van der Waals surface area (Å²) in [6.45, 7) is 0.667. The topological polar surface area (TPSA) is 25.2 Å². The van der Waals surface area contributed by atoms with Crippen LogP contribution in [0.3, 0.4) is 0 Å². The number of anilines is 1. The molecule has 1 aliphatic rings. The normalized spacial score (nSPS) is 15.6. The van der Waals surface area contributed by atoms with E-state index in [1.54, 1.807) is 6.08 Å². The SMILES string of the molecule is O=C1/C(=C\c2cn(Cc3ccccc3)c3ccccc23)SC(=S)N1c1cccc(C(F)(F)F)c1. The number of alkyl halides is 3. The number of amides is 1. The minimum Gasteiger partial charge on any atom is -0.342 e. The number of fused-ring (bicyclic) bond motifs is 1. The van der Waals surface area contributed by atoms with Gasteiger partial charge in [0.05, 0.1) is 16.2 Å².